The Balaban J connectivity index is 2.58. The van der Waals surface area contributed by atoms with Crippen LogP contribution in [-0.2, 0) is 9.53 Å². The minimum absolute atomic E-state index is 0.131. The summed E-state index contributed by atoms with van der Waals surface area (Å²) in [4.78, 5) is 22.2. The zero-order valence-electron chi connectivity index (χ0n) is 12.3. The average Bonchev–Trinajstić information content (AvgIpc) is 3.06. The molecule has 2 aromatic rings. The predicted molar refractivity (Wildman–Crippen MR) is 82.6 cm³/mol. The minimum Gasteiger partial charge on any atom is -0.462 e. The van der Waals surface area contributed by atoms with Crippen molar-refractivity contribution in [3.63, 3.8) is 0 Å². The summed E-state index contributed by atoms with van der Waals surface area (Å²) >= 11 is 0. The number of nitro benzene ring substituents is 1. The van der Waals surface area contributed by atoms with Crippen LogP contribution in [0.25, 0.3) is 11.8 Å². The van der Waals surface area contributed by atoms with Gasteiger partial charge in [0.1, 0.15) is 11.6 Å². The fraction of sp³-hybridized carbons (Fsp3) is 0.125. The highest BCUT2D eigenvalue weighted by Gasteiger charge is 2.15. The summed E-state index contributed by atoms with van der Waals surface area (Å²) in [6, 6.07) is 9.59. The van der Waals surface area contributed by atoms with Crippen molar-refractivity contribution in [2.75, 3.05) is 6.61 Å². The SMILES string of the molecule is CCOC(=O)/C(C#N)=C\c1cc([N+](=O)[O-])ccc1-n1cccc1. The topological polar surface area (TPSA) is 98.2 Å². The zero-order chi connectivity index (χ0) is 16.8. The molecule has 0 saturated carbocycles. The van der Waals surface area contributed by atoms with E-state index in [0.717, 1.165) is 0 Å². The summed E-state index contributed by atoms with van der Waals surface area (Å²) in [6.45, 7) is 1.77. The van der Waals surface area contributed by atoms with Gasteiger partial charge < -0.3 is 9.30 Å². The molecule has 116 valence electrons. The number of rotatable bonds is 5. The Morgan fingerprint density at radius 3 is 2.70 bits per heavy atom. The van der Waals surface area contributed by atoms with E-state index < -0.39 is 10.9 Å². The quantitative estimate of drug-likeness (QED) is 0.278. The van der Waals surface area contributed by atoms with E-state index in [-0.39, 0.29) is 17.9 Å². The first-order chi connectivity index (χ1) is 11.1. The summed E-state index contributed by atoms with van der Waals surface area (Å²) < 4.78 is 6.54. The van der Waals surface area contributed by atoms with Crippen molar-refractivity contribution in [2.24, 2.45) is 0 Å². The Kier molecular flexibility index (Phi) is 4.89. The Morgan fingerprint density at radius 2 is 2.13 bits per heavy atom. The molecule has 0 radical (unpaired) electrons. The normalized spacial score (nSPS) is 10.9. The molecule has 2 rings (SSSR count). The highest BCUT2D eigenvalue weighted by molar-refractivity contribution is 5.98. The van der Waals surface area contributed by atoms with Crippen LogP contribution in [0, 0.1) is 21.4 Å². The number of non-ortho nitro benzene ring substituents is 1. The largest absolute Gasteiger partial charge is 0.462 e. The number of esters is 1. The lowest BCUT2D eigenvalue weighted by Crippen LogP contribution is -2.06. The highest BCUT2D eigenvalue weighted by atomic mass is 16.6. The maximum absolute atomic E-state index is 11.7. The van der Waals surface area contributed by atoms with Gasteiger partial charge in [0.25, 0.3) is 5.69 Å². The second-order valence-electron chi connectivity index (χ2n) is 4.48. The van der Waals surface area contributed by atoms with Crippen LogP contribution in [0.3, 0.4) is 0 Å². The van der Waals surface area contributed by atoms with Gasteiger partial charge in [0.2, 0.25) is 0 Å². The van der Waals surface area contributed by atoms with Gasteiger partial charge in [0.05, 0.1) is 17.2 Å². The molecule has 0 amide bonds. The van der Waals surface area contributed by atoms with Gasteiger partial charge in [-0.25, -0.2) is 4.79 Å². The van der Waals surface area contributed by atoms with Crippen LogP contribution in [0.2, 0.25) is 0 Å². The molecule has 1 heterocycles. The maximum atomic E-state index is 11.7. The molecule has 7 nitrogen and oxygen atoms in total. The fourth-order valence-corrected chi connectivity index (χ4v) is 2.00. The second-order valence-corrected chi connectivity index (χ2v) is 4.48. The molecular weight excluding hydrogens is 298 g/mol. The van der Waals surface area contributed by atoms with Crippen LogP contribution in [-0.4, -0.2) is 22.1 Å². The molecule has 0 bridgehead atoms. The van der Waals surface area contributed by atoms with Crippen molar-refractivity contribution >= 4 is 17.7 Å². The van der Waals surface area contributed by atoms with Crippen LogP contribution in [0.15, 0.2) is 48.3 Å². The first-order valence-electron chi connectivity index (χ1n) is 6.77. The molecule has 0 unspecified atom stereocenters. The number of carbonyl (C=O) groups is 1. The molecule has 0 aliphatic rings. The Hall–Kier alpha value is -3.40. The monoisotopic (exact) mass is 311 g/mol. The van der Waals surface area contributed by atoms with Crippen molar-refractivity contribution in [2.45, 2.75) is 6.92 Å². The van der Waals surface area contributed by atoms with Gasteiger partial charge in [-0.2, -0.15) is 5.26 Å². The van der Waals surface area contributed by atoms with Crippen LogP contribution in [0.4, 0.5) is 5.69 Å². The lowest BCUT2D eigenvalue weighted by Gasteiger charge is -2.08. The molecule has 23 heavy (non-hydrogen) atoms. The third-order valence-electron chi connectivity index (χ3n) is 3.02. The van der Waals surface area contributed by atoms with E-state index in [1.54, 1.807) is 48.2 Å². The fourth-order valence-electron chi connectivity index (χ4n) is 2.00. The molecule has 7 heteroatoms. The van der Waals surface area contributed by atoms with E-state index in [1.807, 2.05) is 0 Å². The molecule has 0 spiro atoms. The van der Waals surface area contributed by atoms with Gasteiger partial charge in [0, 0.05) is 30.1 Å². The molecule has 0 atom stereocenters. The summed E-state index contributed by atoms with van der Waals surface area (Å²) in [5.74, 6) is -0.764. The predicted octanol–water partition coefficient (Wildman–Crippen LogP) is 2.86. The molecular formula is C16H13N3O4. The number of hydrogen-bond acceptors (Lipinski definition) is 5. The van der Waals surface area contributed by atoms with Crippen LogP contribution in [0.1, 0.15) is 12.5 Å². The van der Waals surface area contributed by atoms with E-state index in [4.69, 9.17) is 10.00 Å². The first-order valence-corrected chi connectivity index (χ1v) is 6.77. The van der Waals surface area contributed by atoms with Crippen LogP contribution < -0.4 is 0 Å². The standard InChI is InChI=1S/C16H13N3O4/c1-2-23-16(20)13(11-17)9-12-10-14(19(21)22)5-6-15(12)18-7-3-4-8-18/h3-10H,2H2,1H3/b13-9-. The lowest BCUT2D eigenvalue weighted by atomic mass is 10.1. The molecule has 0 aliphatic carbocycles. The van der Waals surface area contributed by atoms with Crippen molar-refractivity contribution in [1.82, 2.24) is 4.57 Å². The number of ether oxygens (including phenoxy) is 1. The zero-order valence-corrected chi connectivity index (χ0v) is 12.3. The molecule has 0 aliphatic heterocycles. The number of nitrogens with zero attached hydrogens (tertiary/aromatic N) is 3. The van der Waals surface area contributed by atoms with E-state index in [9.17, 15) is 14.9 Å². The molecule has 0 saturated heterocycles. The van der Waals surface area contributed by atoms with Crippen molar-refractivity contribution in [1.29, 1.82) is 5.26 Å². The van der Waals surface area contributed by atoms with Gasteiger partial charge in [-0.15, -0.1) is 0 Å². The smallest absolute Gasteiger partial charge is 0.348 e. The average molecular weight is 311 g/mol. The molecule has 0 fully saturated rings. The van der Waals surface area contributed by atoms with Gasteiger partial charge in [-0.05, 0) is 31.2 Å². The van der Waals surface area contributed by atoms with Crippen molar-refractivity contribution < 1.29 is 14.5 Å². The van der Waals surface area contributed by atoms with Crippen LogP contribution >= 0.6 is 0 Å². The summed E-state index contributed by atoms with van der Waals surface area (Å²) in [5, 5.41) is 20.1. The number of hydrogen-bond donors (Lipinski definition) is 0. The third kappa shape index (κ3) is 3.63. The minimum atomic E-state index is -0.764. The molecule has 0 N–H and O–H groups in total. The second kappa shape index (κ2) is 7.04. The van der Waals surface area contributed by atoms with E-state index in [0.29, 0.717) is 11.3 Å². The highest BCUT2D eigenvalue weighted by Crippen LogP contribution is 2.24. The third-order valence-corrected chi connectivity index (χ3v) is 3.02. The van der Waals surface area contributed by atoms with E-state index in [2.05, 4.69) is 0 Å². The molecule has 1 aromatic heterocycles. The van der Waals surface area contributed by atoms with E-state index in [1.165, 1.54) is 18.2 Å². The Bertz CT molecular complexity index is 801. The van der Waals surface area contributed by atoms with Gasteiger partial charge in [-0.3, -0.25) is 10.1 Å². The number of aromatic nitrogens is 1. The number of nitro groups is 1. The Morgan fingerprint density at radius 1 is 1.43 bits per heavy atom. The van der Waals surface area contributed by atoms with Crippen molar-refractivity contribution in [3.05, 3.63) is 64.0 Å². The van der Waals surface area contributed by atoms with Crippen LogP contribution in [0.5, 0.6) is 0 Å². The molecule has 1 aromatic carbocycles. The van der Waals surface area contributed by atoms with Crippen molar-refractivity contribution in [3.8, 4) is 11.8 Å². The summed E-state index contributed by atoms with van der Waals surface area (Å²) in [5.41, 5.74) is 0.631. The number of benzene rings is 1. The van der Waals surface area contributed by atoms with Gasteiger partial charge in [0.15, 0.2) is 0 Å². The van der Waals surface area contributed by atoms with Gasteiger partial charge >= 0.3 is 5.97 Å². The Labute approximate surface area is 132 Å². The lowest BCUT2D eigenvalue weighted by molar-refractivity contribution is -0.384. The summed E-state index contributed by atoms with van der Waals surface area (Å²) in [7, 11) is 0. The number of carbonyl (C=O) groups excluding carboxylic acids is 1. The first kappa shape index (κ1) is 16.0. The van der Waals surface area contributed by atoms with Gasteiger partial charge in [-0.1, -0.05) is 0 Å². The maximum Gasteiger partial charge on any atom is 0.348 e. The summed E-state index contributed by atoms with van der Waals surface area (Å²) in [6.07, 6.45) is 4.81. The number of nitriles is 1. The van der Waals surface area contributed by atoms with E-state index >= 15 is 0 Å².